The van der Waals surface area contributed by atoms with Crippen molar-refractivity contribution in [3.63, 3.8) is 0 Å². The van der Waals surface area contributed by atoms with Gasteiger partial charge in [0, 0.05) is 10.9 Å². The summed E-state index contributed by atoms with van der Waals surface area (Å²) < 4.78 is 6.77. The minimum absolute atomic E-state index is 0.261. The topological polar surface area (TPSA) is 70.1 Å². The van der Waals surface area contributed by atoms with Crippen LogP contribution < -0.4 is 5.73 Å². The maximum Gasteiger partial charge on any atom is 0.343 e. The van der Waals surface area contributed by atoms with Crippen LogP contribution >= 0.6 is 11.6 Å². The zero-order valence-corrected chi connectivity index (χ0v) is 13.8. The third kappa shape index (κ3) is 3.06. The molecule has 0 saturated heterocycles. The first-order valence-electron chi connectivity index (χ1n) is 7.93. The molecular formula is C17H20ClN3O2. The number of benzene rings is 1. The van der Waals surface area contributed by atoms with Gasteiger partial charge in [0.1, 0.15) is 11.4 Å². The molecule has 0 radical (unpaired) electrons. The van der Waals surface area contributed by atoms with Crippen molar-refractivity contribution in [2.24, 2.45) is 0 Å². The Bertz CT molecular complexity index is 721. The van der Waals surface area contributed by atoms with E-state index in [1.165, 1.54) is 0 Å². The largest absolute Gasteiger partial charge is 0.462 e. The SMILES string of the molecule is CCOC(=O)c1c(C2CCCC2)nn(-c2cccc(Cl)c2)c1N. The summed E-state index contributed by atoms with van der Waals surface area (Å²) in [5.41, 5.74) is 8.13. The van der Waals surface area contributed by atoms with Gasteiger partial charge < -0.3 is 10.5 Å². The summed E-state index contributed by atoms with van der Waals surface area (Å²) in [6.07, 6.45) is 4.35. The van der Waals surface area contributed by atoms with E-state index in [1.54, 1.807) is 23.7 Å². The molecule has 2 N–H and O–H groups in total. The van der Waals surface area contributed by atoms with E-state index in [1.807, 2.05) is 12.1 Å². The molecule has 5 nitrogen and oxygen atoms in total. The van der Waals surface area contributed by atoms with Crippen molar-refractivity contribution in [2.75, 3.05) is 12.3 Å². The molecule has 1 fully saturated rings. The third-order valence-electron chi connectivity index (χ3n) is 4.22. The first-order chi connectivity index (χ1) is 11.1. The summed E-state index contributed by atoms with van der Waals surface area (Å²) in [5, 5.41) is 5.23. The summed E-state index contributed by atoms with van der Waals surface area (Å²) in [7, 11) is 0. The van der Waals surface area contributed by atoms with Crippen molar-refractivity contribution >= 4 is 23.4 Å². The highest BCUT2D eigenvalue weighted by Crippen LogP contribution is 2.37. The molecule has 0 spiro atoms. The molecule has 0 amide bonds. The monoisotopic (exact) mass is 333 g/mol. The van der Waals surface area contributed by atoms with Gasteiger partial charge in [-0.1, -0.05) is 30.5 Å². The minimum Gasteiger partial charge on any atom is -0.462 e. The second kappa shape index (κ2) is 6.62. The molecule has 0 bridgehead atoms. The van der Waals surface area contributed by atoms with Crippen LogP contribution in [-0.4, -0.2) is 22.4 Å². The first kappa shape index (κ1) is 15.9. The van der Waals surface area contributed by atoms with Crippen molar-refractivity contribution in [1.82, 2.24) is 9.78 Å². The number of aromatic nitrogens is 2. The van der Waals surface area contributed by atoms with E-state index in [4.69, 9.17) is 22.1 Å². The number of nitrogens with zero attached hydrogens (tertiary/aromatic N) is 2. The lowest BCUT2D eigenvalue weighted by Gasteiger charge is -2.08. The van der Waals surface area contributed by atoms with Crippen LogP contribution in [0.15, 0.2) is 24.3 Å². The number of ether oxygens (including phenoxy) is 1. The summed E-state index contributed by atoms with van der Waals surface area (Å²) >= 11 is 6.06. The van der Waals surface area contributed by atoms with Crippen LogP contribution in [0.2, 0.25) is 5.02 Å². The normalized spacial score (nSPS) is 15.0. The van der Waals surface area contributed by atoms with Crippen LogP contribution in [0.3, 0.4) is 0 Å². The lowest BCUT2D eigenvalue weighted by molar-refractivity contribution is 0.0526. The average molecular weight is 334 g/mol. The Balaban J connectivity index is 2.11. The average Bonchev–Trinajstić information content (AvgIpc) is 3.15. The Hall–Kier alpha value is -2.01. The van der Waals surface area contributed by atoms with Crippen molar-refractivity contribution in [2.45, 2.75) is 38.5 Å². The van der Waals surface area contributed by atoms with Gasteiger partial charge >= 0.3 is 5.97 Å². The zero-order valence-electron chi connectivity index (χ0n) is 13.1. The van der Waals surface area contributed by atoms with Crippen LogP contribution in [0.1, 0.15) is 54.6 Å². The van der Waals surface area contributed by atoms with E-state index in [9.17, 15) is 4.79 Å². The highest BCUT2D eigenvalue weighted by Gasteiger charge is 2.30. The second-order valence-corrected chi connectivity index (χ2v) is 6.18. The van der Waals surface area contributed by atoms with Gasteiger partial charge in [0.2, 0.25) is 0 Å². The Kier molecular flexibility index (Phi) is 4.57. The number of halogens is 1. The van der Waals surface area contributed by atoms with Crippen LogP contribution in [0.4, 0.5) is 5.82 Å². The lowest BCUT2D eigenvalue weighted by atomic mass is 10.00. The van der Waals surface area contributed by atoms with Gasteiger partial charge in [-0.15, -0.1) is 0 Å². The van der Waals surface area contributed by atoms with Gasteiger partial charge in [0.15, 0.2) is 0 Å². The van der Waals surface area contributed by atoms with Crippen molar-refractivity contribution in [3.8, 4) is 5.69 Å². The van der Waals surface area contributed by atoms with Gasteiger partial charge in [-0.05, 0) is 38.0 Å². The predicted octanol–water partition coefficient (Wildman–Crippen LogP) is 3.94. The summed E-state index contributed by atoms with van der Waals surface area (Å²) in [6.45, 7) is 2.09. The molecule has 23 heavy (non-hydrogen) atoms. The molecule has 1 aliphatic rings. The molecular weight excluding hydrogens is 314 g/mol. The van der Waals surface area contributed by atoms with Crippen LogP contribution in [0, 0.1) is 0 Å². The number of hydrogen-bond donors (Lipinski definition) is 1. The van der Waals surface area contributed by atoms with Crippen LogP contribution in [0.25, 0.3) is 5.69 Å². The molecule has 0 unspecified atom stereocenters. The molecule has 6 heteroatoms. The summed E-state index contributed by atoms with van der Waals surface area (Å²) in [4.78, 5) is 12.4. The molecule has 1 aromatic heterocycles. The Morgan fingerprint density at radius 2 is 2.17 bits per heavy atom. The first-order valence-corrected chi connectivity index (χ1v) is 8.31. The number of esters is 1. The zero-order chi connectivity index (χ0) is 16.4. The van der Waals surface area contributed by atoms with Gasteiger partial charge in [-0.25, -0.2) is 9.48 Å². The van der Waals surface area contributed by atoms with Gasteiger partial charge in [0.05, 0.1) is 18.0 Å². The van der Waals surface area contributed by atoms with E-state index >= 15 is 0 Å². The third-order valence-corrected chi connectivity index (χ3v) is 4.46. The van der Waals surface area contributed by atoms with Gasteiger partial charge in [-0.2, -0.15) is 5.10 Å². The number of nitrogen functional groups attached to an aromatic ring is 1. The predicted molar refractivity (Wildman–Crippen MR) is 90.2 cm³/mol. The van der Waals surface area contributed by atoms with Crippen molar-refractivity contribution < 1.29 is 9.53 Å². The fourth-order valence-corrected chi connectivity index (χ4v) is 3.34. The van der Waals surface area contributed by atoms with Crippen LogP contribution in [0.5, 0.6) is 0 Å². The number of rotatable bonds is 4. The molecule has 1 saturated carbocycles. The quantitative estimate of drug-likeness (QED) is 0.860. The maximum atomic E-state index is 12.4. The molecule has 2 aromatic rings. The standard InChI is InChI=1S/C17H20ClN3O2/c1-2-23-17(22)14-15(11-6-3-4-7-11)20-21(16(14)19)13-9-5-8-12(18)10-13/h5,8-11H,2-4,6-7,19H2,1H3. The van der Waals surface area contributed by atoms with Crippen LogP contribution in [-0.2, 0) is 4.74 Å². The van der Waals surface area contributed by atoms with Gasteiger partial charge in [0.25, 0.3) is 0 Å². The second-order valence-electron chi connectivity index (χ2n) is 5.74. The summed E-state index contributed by atoms with van der Waals surface area (Å²) in [5.74, 6) is 0.171. The number of carbonyl (C=O) groups is 1. The Labute approximate surface area is 140 Å². The minimum atomic E-state index is -0.403. The number of hydrogen-bond acceptors (Lipinski definition) is 4. The fourth-order valence-electron chi connectivity index (χ4n) is 3.15. The highest BCUT2D eigenvalue weighted by atomic mass is 35.5. The van der Waals surface area contributed by atoms with E-state index in [0.717, 1.165) is 37.1 Å². The molecule has 3 rings (SSSR count). The Morgan fingerprint density at radius 1 is 1.43 bits per heavy atom. The molecule has 1 heterocycles. The van der Waals surface area contributed by atoms with Gasteiger partial charge in [-0.3, -0.25) is 0 Å². The summed E-state index contributed by atoms with van der Waals surface area (Å²) in [6, 6.07) is 7.26. The number of nitrogens with two attached hydrogens (primary N) is 1. The highest BCUT2D eigenvalue weighted by molar-refractivity contribution is 6.30. The smallest absolute Gasteiger partial charge is 0.343 e. The maximum absolute atomic E-state index is 12.4. The molecule has 1 aromatic carbocycles. The number of anilines is 1. The fraction of sp³-hybridized carbons (Fsp3) is 0.412. The van der Waals surface area contributed by atoms with E-state index in [0.29, 0.717) is 23.0 Å². The van der Waals surface area contributed by atoms with Crippen molar-refractivity contribution in [1.29, 1.82) is 0 Å². The van der Waals surface area contributed by atoms with E-state index in [2.05, 4.69) is 5.10 Å². The molecule has 0 aliphatic heterocycles. The van der Waals surface area contributed by atoms with Crippen molar-refractivity contribution in [3.05, 3.63) is 40.5 Å². The molecule has 0 atom stereocenters. The van der Waals surface area contributed by atoms with E-state index < -0.39 is 5.97 Å². The molecule has 1 aliphatic carbocycles. The lowest BCUT2D eigenvalue weighted by Crippen LogP contribution is -2.11. The Morgan fingerprint density at radius 3 is 2.83 bits per heavy atom. The molecule has 122 valence electrons. The van der Waals surface area contributed by atoms with E-state index in [-0.39, 0.29) is 5.92 Å². The number of carbonyl (C=O) groups excluding carboxylic acids is 1.